The third kappa shape index (κ3) is 2.31. The number of imide groups is 2. The Kier molecular flexibility index (Phi) is 4.19. The van der Waals surface area contributed by atoms with Crippen LogP contribution in [0.5, 0.6) is 5.75 Å². The number of rotatable bonds is 1. The molecule has 4 amide bonds. The van der Waals surface area contributed by atoms with Gasteiger partial charge in [-0.25, -0.2) is 0 Å². The number of carbonyl (C=O) groups is 4. The fraction of sp³-hybridized carbons (Fsp3) is 0.455. The highest BCUT2D eigenvalue weighted by Gasteiger charge is 2.75. The molecule has 31 heavy (non-hydrogen) atoms. The number of aryl methyl sites for hydroxylation is 1. The number of carbonyl (C=O) groups excluding carboxylic acids is 4. The molecule has 9 heteroatoms. The smallest absolute Gasteiger partial charge is 0.253 e. The van der Waals surface area contributed by atoms with Crippen molar-refractivity contribution in [3.05, 3.63) is 41.0 Å². The first-order chi connectivity index (χ1) is 14.5. The number of amides is 4. The molecule has 6 atom stereocenters. The number of phenolic OH excluding ortho intramolecular Hbond substituents is 1. The minimum Gasteiger partial charge on any atom is -0.507 e. The van der Waals surface area contributed by atoms with Crippen molar-refractivity contribution in [1.82, 2.24) is 10.2 Å². The normalized spacial score (nSPS) is 39.1. The minimum atomic E-state index is -1.88. The van der Waals surface area contributed by atoms with E-state index in [1.807, 2.05) is 6.08 Å². The SMILES string of the molecule is Cc1cccc(C2C3=CCC4C(=O)NC(=O)C4C3CC3(Cl)C(=O)N(C)C(=O)C23Cl)c1O. The molecule has 2 aliphatic carbocycles. The van der Waals surface area contributed by atoms with Crippen LogP contribution in [0.3, 0.4) is 0 Å². The molecule has 7 nitrogen and oxygen atoms in total. The van der Waals surface area contributed by atoms with Crippen molar-refractivity contribution < 1.29 is 24.3 Å². The van der Waals surface area contributed by atoms with Crippen LogP contribution < -0.4 is 5.32 Å². The largest absolute Gasteiger partial charge is 0.507 e. The summed E-state index contributed by atoms with van der Waals surface area (Å²) in [6.45, 7) is 1.72. The molecule has 2 N–H and O–H groups in total. The molecular weight excluding hydrogens is 443 g/mol. The molecule has 1 aromatic carbocycles. The summed E-state index contributed by atoms with van der Waals surface area (Å²) < 4.78 is 0. The van der Waals surface area contributed by atoms with E-state index in [1.165, 1.54) is 7.05 Å². The van der Waals surface area contributed by atoms with Crippen molar-refractivity contribution in [2.75, 3.05) is 7.05 Å². The van der Waals surface area contributed by atoms with Crippen LogP contribution in [0, 0.1) is 24.7 Å². The molecule has 0 radical (unpaired) electrons. The highest BCUT2D eigenvalue weighted by Crippen LogP contribution is 2.65. The average Bonchev–Trinajstić information content (AvgIpc) is 3.09. The molecule has 0 aromatic heterocycles. The summed E-state index contributed by atoms with van der Waals surface area (Å²) in [5.41, 5.74) is 1.61. The fourth-order valence-electron chi connectivity index (χ4n) is 5.92. The second-order valence-electron chi connectivity index (χ2n) is 8.86. The first-order valence-electron chi connectivity index (χ1n) is 10.1. The molecule has 1 aromatic rings. The van der Waals surface area contributed by atoms with Gasteiger partial charge in [0.15, 0.2) is 9.75 Å². The summed E-state index contributed by atoms with van der Waals surface area (Å²) in [6.07, 6.45) is 2.08. The van der Waals surface area contributed by atoms with Crippen molar-refractivity contribution in [1.29, 1.82) is 0 Å². The number of hydrogen-bond donors (Lipinski definition) is 2. The molecule has 2 saturated heterocycles. The van der Waals surface area contributed by atoms with Gasteiger partial charge in [-0.15, -0.1) is 23.2 Å². The number of nitrogens with zero attached hydrogens (tertiary/aromatic N) is 1. The summed E-state index contributed by atoms with van der Waals surface area (Å²) >= 11 is 14.0. The summed E-state index contributed by atoms with van der Waals surface area (Å²) in [4.78, 5) is 48.7. The number of likely N-dealkylation sites (tertiary alicyclic amines) is 1. The predicted octanol–water partition coefficient (Wildman–Crippen LogP) is 1.98. The lowest BCUT2D eigenvalue weighted by atomic mass is 9.56. The van der Waals surface area contributed by atoms with E-state index in [0.717, 1.165) is 4.90 Å². The Morgan fingerprint density at radius 2 is 1.81 bits per heavy atom. The molecule has 6 unspecified atom stereocenters. The van der Waals surface area contributed by atoms with Crippen LogP contribution in [0.15, 0.2) is 29.8 Å². The molecule has 5 rings (SSSR count). The summed E-state index contributed by atoms with van der Waals surface area (Å²) in [5, 5.41) is 13.3. The number of allylic oxidation sites excluding steroid dienone is 2. The first-order valence-corrected chi connectivity index (χ1v) is 10.8. The molecule has 3 fully saturated rings. The first kappa shape index (κ1) is 20.5. The number of nitrogens with one attached hydrogen (secondary N) is 1. The Hall–Kier alpha value is -2.38. The van der Waals surface area contributed by atoms with E-state index in [1.54, 1.807) is 25.1 Å². The highest BCUT2D eigenvalue weighted by atomic mass is 35.5. The number of hydrogen-bond acceptors (Lipinski definition) is 5. The zero-order valence-corrected chi connectivity index (χ0v) is 18.3. The van der Waals surface area contributed by atoms with Crippen LogP contribution in [0.1, 0.15) is 29.9 Å². The third-order valence-corrected chi connectivity index (χ3v) is 8.85. The predicted molar refractivity (Wildman–Crippen MR) is 111 cm³/mol. The maximum atomic E-state index is 13.3. The van der Waals surface area contributed by atoms with Gasteiger partial charge in [-0.3, -0.25) is 29.4 Å². The van der Waals surface area contributed by atoms with Crippen LogP contribution in [0.4, 0.5) is 0 Å². The van der Waals surface area contributed by atoms with Gasteiger partial charge in [0.05, 0.1) is 11.8 Å². The van der Waals surface area contributed by atoms with Gasteiger partial charge in [-0.05, 0) is 31.2 Å². The van der Waals surface area contributed by atoms with Crippen LogP contribution in [-0.4, -0.2) is 50.4 Å². The number of alkyl halides is 2. The lowest BCUT2D eigenvalue weighted by Crippen LogP contribution is -2.60. The Morgan fingerprint density at radius 1 is 1.10 bits per heavy atom. The zero-order chi connectivity index (χ0) is 22.5. The quantitative estimate of drug-likeness (QED) is 0.377. The maximum Gasteiger partial charge on any atom is 0.253 e. The number of para-hydroxylation sites is 1. The van der Waals surface area contributed by atoms with Gasteiger partial charge in [0, 0.05) is 18.5 Å². The Morgan fingerprint density at radius 3 is 2.52 bits per heavy atom. The molecule has 0 spiro atoms. The van der Waals surface area contributed by atoms with Gasteiger partial charge in [-0.2, -0.15) is 0 Å². The fourth-order valence-corrected chi connectivity index (χ4v) is 6.93. The van der Waals surface area contributed by atoms with Crippen LogP contribution in [0.2, 0.25) is 0 Å². The summed E-state index contributed by atoms with van der Waals surface area (Å²) in [6, 6.07) is 5.10. The minimum absolute atomic E-state index is 0.0445. The van der Waals surface area contributed by atoms with Crippen LogP contribution >= 0.6 is 23.2 Å². The molecule has 1 saturated carbocycles. The zero-order valence-electron chi connectivity index (χ0n) is 16.8. The second-order valence-corrected chi connectivity index (χ2v) is 10.1. The van der Waals surface area contributed by atoms with Gasteiger partial charge in [0.25, 0.3) is 11.8 Å². The van der Waals surface area contributed by atoms with Gasteiger partial charge in [0.2, 0.25) is 11.8 Å². The Bertz CT molecular complexity index is 1120. The summed E-state index contributed by atoms with van der Waals surface area (Å²) in [7, 11) is 1.33. The van der Waals surface area contributed by atoms with Gasteiger partial charge in [0.1, 0.15) is 5.75 Å². The number of benzene rings is 1. The maximum absolute atomic E-state index is 13.3. The van der Waals surface area contributed by atoms with Crippen molar-refractivity contribution in [2.24, 2.45) is 17.8 Å². The van der Waals surface area contributed by atoms with Crippen molar-refractivity contribution in [2.45, 2.75) is 35.4 Å². The number of halogens is 2. The van der Waals surface area contributed by atoms with E-state index >= 15 is 0 Å². The van der Waals surface area contributed by atoms with E-state index in [9.17, 15) is 24.3 Å². The van der Waals surface area contributed by atoms with Gasteiger partial charge >= 0.3 is 0 Å². The van der Waals surface area contributed by atoms with Crippen molar-refractivity contribution in [3.8, 4) is 5.75 Å². The van der Waals surface area contributed by atoms with Crippen LogP contribution in [0.25, 0.3) is 0 Å². The summed E-state index contributed by atoms with van der Waals surface area (Å²) in [5.74, 6) is -4.85. The van der Waals surface area contributed by atoms with Gasteiger partial charge in [-0.1, -0.05) is 29.8 Å². The number of aromatic hydroxyl groups is 1. The van der Waals surface area contributed by atoms with Crippen molar-refractivity contribution >= 4 is 46.8 Å². The second kappa shape index (κ2) is 6.33. The van der Waals surface area contributed by atoms with E-state index in [2.05, 4.69) is 5.32 Å². The van der Waals surface area contributed by atoms with Crippen molar-refractivity contribution in [3.63, 3.8) is 0 Å². The number of phenols is 1. The topological polar surface area (TPSA) is 104 Å². The van der Waals surface area contributed by atoms with E-state index in [4.69, 9.17) is 23.2 Å². The lowest BCUT2D eigenvalue weighted by molar-refractivity contribution is -0.138. The molecule has 2 aliphatic heterocycles. The molecule has 4 aliphatic rings. The third-order valence-electron chi connectivity index (χ3n) is 7.44. The molecule has 162 valence electrons. The van der Waals surface area contributed by atoms with E-state index < -0.39 is 51.1 Å². The Balaban J connectivity index is 1.79. The Labute approximate surface area is 188 Å². The van der Waals surface area contributed by atoms with Gasteiger partial charge < -0.3 is 5.11 Å². The molecule has 2 heterocycles. The molecule has 0 bridgehead atoms. The standard InChI is InChI=1S/C22H20Cl2N2O5/c1-9-4-3-5-12(16(9)27)15-10-6-7-11-14(18(29)25-17(11)28)13(10)8-21(23)19(30)26(2)20(31)22(15,21)24/h3-6,11,13-15,27H,7-8H2,1-2H3,(H,25,28,29). The van der Waals surface area contributed by atoms with E-state index in [-0.39, 0.29) is 18.1 Å². The highest BCUT2D eigenvalue weighted by molar-refractivity contribution is 6.53. The lowest BCUT2D eigenvalue weighted by Gasteiger charge is -2.50. The monoisotopic (exact) mass is 462 g/mol. The average molecular weight is 463 g/mol. The van der Waals surface area contributed by atoms with Crippen LogP contribution in [-0.2, 0) is 19.2 Å². The molecular formula is C22H20Cl2N2O5. The van der Waals surface area contributed by atoms with E-state index in [0.29, 0.717) is 23.1 Å². The number of fused-ring (bicyclic) bond motifs is 4.